The molecule has 2 fully saturated rings. The van der Waals surface area contributed by atoms with Crippen LogP contribution in [0.4, 0.5) is 0 Å². The molecule has 2 aliphatic heterocycles. The smallest absolute Gasteiger partial charge is 0.243 e. The van der Waals surface area contributed by atoms with Crippen LogP contribution >= 0.6 is 0 Å². The van der Waals surface area contributed by atoms with Crippen molar-refractivity contribution in [2.24, 2.45) is 0 Å². The van der Waals surface area contributed by atoms with Gasteiger partial charge in [-0.25, -0.2) is 8.42 Å². The van der Waals surface area contributed by atoms with Gasteiger partial charge in [0.1, 0.15) is 6.04 Å². The Balaban J connectivity index is 1.87. The lowest BCUT2D eigenvalue weighted by molar-refractivity contribution is -0.135. The number of nitrogens with zero attached hydrogens (tertiary/aromatic N) is 2. The van der Waals surface area contributed by atoms with Crippen LogP contribution in [-0.4, -0.2) is 49.2 Å². The maximum absolute atomic E-state index is 12.9. The van der Waals surface area contributed by atoms with Gasteiger partial charge in [0.15, 0.2) is 0 Å². The Hall–Kier alpha value is -1.40. The topological polar surface area (TPSA) is 57.7 Å². The third kappa shape index (κ3) is 2.90. The lowest BCUT2D eigenvalue weighted by Crippen LogP contribution is -2.52. The predicted octanol–water partition coefficient (Wildman–Crippen LogP) is 1.85. The fraction of sp³-hybridized carbons (Fsp3) is 0.562. The largest absolute Gasteiger partial charge is 0.341 e. The van der Waals surface area contributed by atoms with Gasteiger partial charge in [-0.3, -0.25) is 4.79 Å². The van der Waals surface area contributed by atoms with E-state index in [1.54, 1.807) is 30.3 Å². The minimum absolute atomic E-state index is 0.0169. The predicted molar refractivity (Wildman–Crippen MR) is 83.8 cm³/mol. The minimum Gasteiger partial charge on any atom is -0.341 e. The number of likely N-dealkylation sites (tertiary alicyclic amines) is 1. The average Bonchev–Trinajstić information content (AvgIpc) is 3.09. The summed E-state index contributed by atoms with van der Waals surface area (Å²) in [6.07, 6.45) is 4.39. The Morgan fingerprint density at radius 2 is 1.59 bits per heavy atom. The number of benzene rings is 1. The first-order chi connectivity index (χ1) is 10.6. The molecule has 1 aromatic carbocycles. The zero-order valence-electron chi connectivity index (χ0n) is 12.6. The highest BCUT2D eigenvalue weighted by atomic mass is 32.2. The van der Waals surface area contributed by atoms with Crippen molar-refractivity contribution in [1.82, 2.24) is 9.21 Å². The Morgan fingerprint density at radius 3 is 2.27 bits per heavy atom. The fourth-order valence-electron chi connectivity index (χ4n) is 3.32. The zero-order chi connectivity index (χ0) is 15.6. The molecule has 2 aliphatic rings. The van der Waals surface area contributed by atoms with Crippen LogP contribution in [0.3, 0.4) is 0 Å². The molecule has 0 aromatic heterocycles. The normalized spacial score (nSPS) is 23.6. The van der Waals surface area contributed by atoms with E-state index in [4.69, 9.17) is 0 Å². The highest BCUT2D eigenvalue weighted by Gasteiger charge is 2.39. The number of carbonyl (C=O) groups excluding carboxylic acids is 1. The Bertz CT molecular complexity index is 624. The quantitative estimate of drug-likeness (QED) is 0.853. The number of sulfonamides is 1. The first kappa shape index (κ1) is 15.5. The molecule has 1 atom stereocenters. The third-order valence-electron chi connectivity index (χ3n) is 4.51. The highest BCUT2D eigenvalue weighted by molar-refractivity contribution is 7.89. The Labute approximate surface area is 132 Å². The van der Waals surface area contributed by atoms with Crippen LogP contribution in [-0.2, 0) is 14.8 Å². The summed E-state index contributed by atoms with van der Waals surface area (Å²) in [5.41, 5.74) is 0. The van der Waals surface area contributed by atoms with Crippen molar-refractivity contribution in [3.8, 4) is 0 Å². The first-order valence-electron chi connectivity index (χ1n) is 7.96. The second kappa shape index (κ2) is 6.38. The van der Waals surface area contributed by atoms with Gasteiger partial charge in [0.2, 0.25) is 15.9 Å². The summed E-state index contributed by atoms with van der Waals surface area (Å²) in [6, 6.07) is 7.89. The van der Waals surface area contributed by atoms with Gasteiger partial charge >= 0.3 is 0 Å². The van der Waals surface area contributed by atoms with Gasteiger partial charge in [0.05, 0.1) is 4.90 Å². The van der Waals surface area contributed by atoms with E-state index in [1.807, 2.05) is 4.90 Å². The summed E-state index contributed by atoms with van der Waals surface area (Å²) in [6.45, 7) is 1.95. The molecule has 0 unspecified atom stereocenters. The van der Waals surface area contributed by atoms with Crippen LogP contribution in [0.25, 0.3) is 0 Å². The van der Waals surface area contributed by atoms with E-state index >= 15 is 0 Å². The molecular weight excluding hydrogens is 300 g/mol. The number of hydrogen-bond donors (Lipinski definition) is 0. The molecule has 0 saturated carbocycles. The standard InChI is InChI=1S/C16H22N2O3S/c19-16(17-11-6-7-12-17)15-10-4-5-13-18(15)22(20,21)14-8-2-1-3-9-14/h1-3,8-9,15H,4-7,10-13H2/t15-/m1/s1. The monoisotopic (exact) mass is 322 g/mol. The third-order valence-corrected chi connectivity index (χ3v) is 6.43. The zero-order valence-corrected chi connectivity index (χ0v) is 13.5. The molecule has 1 amide bonds. The Morgan fingerprint density at radius 1 is 0.955 bits per heavy atom. The van der Waals surface area contributed by atoms with Crippen LogP contribution in [0.5, 0.6) is 0 Å². The Kier molecular flexibility index (Phi) is 4.49. The van der Waals surface area contributed by atoms with E-state index < -0.39 is 16.1 Å². The first-order valence-corrected chi connectivity index (χ1v) is 9.40. The SMILES string of the molecule is O=C([C@H]1CCCCN1S(=O)(=O)c1ccccc1)N1CCCC1. The van der Waals surface area contributed by atoms with E-state index in [0.717, 1.165) is 38.8 Å². The van der Waals surface area contributed by atoms with E-state index in [9.17, 15) is 13.2 Å². The molecule has 0 radical (unpaired) electrons. The van der Waals surface area contributed by atoms with Crippen LogP contribution in [0, 0.1) is 0 Å². The summed E-state index contributed by atoms with van der Waals surface area (Å²) < 4.78 is 27.2. The highest BCUT2D eigenvalue weighted by Crippen LogP contribution is 2.27. The molecule has 2 heterocycles. The summed E-state index contributed by atoms with van der Waals surface area (Å²) in [5.74, 6) is -0.0169. The number of rotatable bonds is 3. The van der Waals surface area contributed by atoms with Gasteiger partial charge in [-0.1, -0.05) is 24.6 Å². The molecule has 0 N–H and O–H groups in total. The number of piperidine rings is 1. The van der Waals surface area contributed by atoms with Crippen molar-refractivity contribution >= 4 is 15.9 Å². The van der Waals surface area contributed by atoms with Gasteiger partial charge < -0.3 is 4.90 Å². The van der Waals surface area contributed by atoms with Crippen molar-refractivity contribution in [2.45, 2.75) is 43.0 Å². The molecule has 120 valence electrons. The van der Waals surface area contributed by atoms with Crippen LogP contribution in [0.2, 0.25) is 0 Å². The molecule has 0 aliphatic carbocycles. The van der Waals surface area contributed by atoms with E-state index in [-0.39, 0.29) is 10.8 Å². The van der Waals surface area contributed by atoms with Crippen LogP contribution in [0.1, 0.15) is 32.1 Å². The van der Waals surface area contributed by atoms with E-state index in [2.05, 4.69) is 0 Å². The second-order valence-electron chi connectivity index (χ2n) is 5.97. The van der Waals surface area contributed by atoms with Crippen molar-refractivity contribution in [2.75, 3.05) is 19.6 Å². The van der Waals surface area contributed by atoms with Crippen molar-refractivity contribution in [3.63, 3.8) is 0 Å². The number of hydrogen-bond acceptors (Lipinski definition) is 3. The molecule has 3 rings (SSSR count). The van der Waals surface area contributed by atoms with Crippen molar-refractivity contribution in [1.29, 1.82) is 0 Å². The summed E-state index contributed by atoms with van der Waals surface area (Å²) in [5, 5.41) is 0. The van der Waals surface area contributed by atoms with Crippen molar-refractivity contribution in [3.05, 3.63) is 30.3 Å². The molecule has 0 bridgehead atoms. The van der Waals surface area contributed by atoms with Gasteiger partial charge in [-0.2, -0.15) is 4.31 Å². The minimum atomic E-state index is -3.60. The molecule has 5 nitrogen and oxygen atoms in total. The van der Waals surface area contributed by atoms with Crippen molar-refractivity contribution < 1.29 is 13.2 Å². The van der Waals surface area contributed by atoms with Gasteiger partial charge in [0, 0.05) is 19.6 Å². The van der Waals surface area contributed by atoms with Gasteiger partial charge in [0.25, 0.3) is 0 Å². The molecule has 6 heteroatoms. The van der Waals surface area contributed by atoms with Crippen LogP contribution in [0.15, 0.2) is 35.2 Å². The molecule has 0 spiro atoms. The number of amides is 1. The fourth-order valence-corrected chi connectivity index (χ4v) is 4.99. The summed E-state index contributed by atoms with van der Waals surface area (Å²) >= 11 is 0. The summed E-state index contributed by atoms with van der Waals surface area (Å²) in [4.78, 5) is 14.8. The number of carbonyl (C=O) groups is 1. The lowest BCUT2D eigenvalue weighted by Gasteiger charge is -2.35. The van der Waals surface area contributed by atoms with Gasteiger partial charge in [-0.15, -0.1) is 0 Å². The lowest BCUT2D eigenvalue weighted by atomic mass is 10.0. The summed E-state index contributed by atoms with van der Waals surface area (Å²) in [7, 11) is -3.60. The van der Waals surface area contributed by atoms with E-state index in [0.29, 0.717) is 13.0 Å². The second-order valence-corrected chi connectivity index (χ2v) is 7.86. The molecule has 2 saturated heterocycles. The maximum Gasteiger partial charge on any atom is 0.243 e. The maximum atomic E-state index is 12.9. The molecule has 22 heavy (non-hydrogen) atoms. The molecular formula is C16H22N2O3S. The average molecular weight is 322 g/mol. The molecule has 1 aromatic rings. The van der Waals surface area contributed by atoms with E-state index in [1.165, 1.54) is 4.31 Å². The van der Waals surface area contributed by atoms with Gasteiger partial charge in [-0.05, 0) is 37.8 Å². The van der Waals surface area contributed by atoms with Crippen LogP contribution < -0.4 is 0 Å².